The van der Waals surface area contributed by atoms with Gasteiger partial charge in [-0.2, -0.15) is 0 Å². The first-order valence-corrected chi connectivity index (χ1v) is 8.30. The Morgan fingerprint density at radius 1 is 0.278 bits per heavy atom. The molecule has 0 atom stereocenters. The minimum atomic E-state index is 1.29. The monoisotopic (exact) mass is 248 g/mol. The minimum absolute atomic E-state index is 1.29. The van der Waals surface area contributed by atoms with Crippen LogP contribution in [0.5, 0.6) is 0 Å². The first-order chi connectivity index (χ1) is 9.00. The zero-order chi connectivity index (χ0) is 12.7. The number of rotatable bonds is 0. The lowest BCUT2D eigenvalue weighted by molar-refractivity contribution is 0.570. The van der Waals surface area contributed by atoms with Crippen LogP contribution >= 0.6 is 0 Å². The molecule has 0 aromatic carbocycles. The Morgan fingerprint density at radius 2 is 0.500 bits per heavy atom. The molecule has 0 spiro atoms. The summed E-state index contributed by atoms with van der Waals surface area (Å²) in [5.74, 6) is 0. The lowest BCUT2D eigenvalue weighted by Gasteiger charge is -2.01. The Kier molecular flexibility index (Phi) is 11.2. The largest absolute Gasteiger partial charge is 0.0885 e. The molecule has 1 aliphatic carbocycles. The molecule has 0 aliphatic heterocycles. The van der Waals surface area contributed by atoms with Crippen LogP contribution in [-0.4, -0.2) is 0 Å². The van der Waals surface area contributed by atoms with Gasteiger partial charge in [-0.15, -0.1) is 0 Å². The van der Waals surface area contributed by atoms with Gasteiger partial charge in [0, 0.05) is 0 Å². The molecule has 0 radical (unpaired) electrons. The Balaban J connectivity index is 2.12. The summed E-state index contributed by atoms with van der Waals surface area (Å²) in [7, 11) is 0. The predicted octanol–water partition coefficient (Wildman–Crippen LogP) is 6.57. The van der Waals surface area contributed by atoms with E-state index < -0.39 is 0 Å². The third-order valence-corrected chi connectivity index (χ3v) is 3.82. The molecule has 0 saturated carbocycles. The minimum Gasteiger partial charge on any atom is -0.0885 e. The average molecular weight is 248 g/mol. The third-order valence-electron chi connectivity index (χ3n) is 3.82. The molecule has 0 bridgehead atoms. The van der Waals surface area contributed by atoms with Crippen LogP contribution in [0.2, 0.25) is 0 Å². The summed E-state index contributed by atoms with van der Waals surface area (Å²) in [5, 5.41) is 0. The molecule has 0 nitrogen and oxygen atoms in total. The molecule has 0 aromatic heterocycles. The summed E-state index contributed by atoms with van der Waals surface area (Å²) >= 11 is 0. The number of allylic oxidation sites excluding steroid dienone is 4. The maximum Gasteiger partial charge on any atom is -0.0351 e. The standard InChI is InChI=1S/C18H32/c1-2-4-6-8-10-12-14-16-18-17-15-13-11-9-7-5-3-1/h1-2,11,13H,3-10,12,14-18H2. The van der Waals surface area contributed by atoms with Crippen LogP contribution in [0.25, 0.3) is 0 Å². The highest BCUT2D eigenvalue weighted by Gasteiger charge is 1.92. The highest BCUT2D eigenvalue weighted by Crippen LogP contribution is 2.12. The summed E-state index contributed by atoms with van der Waals surface area (Å²) in [6, 6.07) is 0. The van der Waals surface area contributed by atoms with Crippen molar-refractivity contribution in [2.75, 3.05) is 0 Å². The zero-order valence-corrected chi connectivity index (χ0v) is 12.2. The molecule has 0 unspecified atom stereocenters. The molecule has 0 heteroatoms. The molecule has 0 aromatic rings. The zero-order valence-electron chi connectivity index (χ0n) is 12.2. The Bertz CT molecular complexity index is 188. The van der Waals surface area contributed by atoms with E-state index in [9.17, 15) is 0 Å². The van der Waals surface area contributed by atoms with E-state index in [1.807, 2.05) is 0 Å². The smallest absolute Gasteiger partial charge is 0.0351 e. The van der Waals surface area contributed by atoms with Gasteiger partial charge in [-0.25, -0.2) is 0 Å². The molecule has 1 aliphatic rings. The third kappa shape index (κ3) is 10.6. The Morgan fingerprint density at radius 3 is 0.833 bits per heavy atom. The van der Waals surface area contributed by atoms with Crippen molar-refractivity contribution in [2.24, 2.45) is 0 Å². The van der Waals surface area contributed by atoms with E-state index in [0.717, 1.165) is 0 Å². The average Bonchev–Trinajstić information content (AvgIpc) is 2.39. The van der Waals surface area contributed by atoms with Crippen molar-refractivity contribution in [3.63, 3.8) is 0 Å². The molecular formula is C18H32. The molecule has 18 heavy (non-hydrogen) atoms. The number of hydrogen-bond acceptors (Lipinski definition) is 0. The number of hydrogen-bond donors (Lipinski definition) is 0. The van der Waals surface area contributed by atoms with Gasteiger partial charge in [0.25, 0.3) is 0 Å². The van der Waals surface area contributed by atoms with Gasteiger partial charge in [0.1, 0.15) is 0 Å². The second kappa shape index (κ2) is 12.9. The van der Waals surface area contributed by atoms with Crippen LogP contribution in [-0.2, 0) is 0 Å². The first-order valence-electron chi connectivity index (χ1n) is 8.30. The normalized spacial score (nSPS) is 22.2. The van der Waals surface area contributed by atoms with E-state index >= 15 is 0 Å². The lowest BCUT2D eigenvalue weighted by Crippen LogP contribution is -1.81. The van der Waals surface area contributed by atoms with Gasteiger partial charge >= 0.3 is 0 Å². The molecular weight excluding hydrogens is 216 g/mol. The second-order valence-electron chi connectivity index (χ2n) is 5.63. The van der Waals surface area contributed by atoms with E-state index in [2.05, 4.69) is 24.3 Å². The summed E-state index contributed by atoms with van der Waals surface area (Å²) in [6.45, 7) is 0. The second-order valence-corrected chi connectivity index (χ2v) is 5.63. The predicted molar refractivity (Wildman–Crippen MR) is 82.9 cm³/mol. The van der Waals surface area contributed by atoms with Crippen LogP contribution in [0, 0.1) is 0 Å². The first kappa shape index (κ1) is 15.5. The van der Waals surface area contributed by atoms with E-state index in [4.69, 9.17) is 0 Å². The molecule has 0 N–H and O–H groups in total. The molecule has 0 heterocycles. The van der Waals surface area contributed by atoms with Gasteiger partial charge in [-0.05, 0) is 51.4 Å². The van der Waals surface area contributed by atoms with Crippen LogP contribution in [0.1, 0.15) is 89.9 Å². The Labute approximate surface area is 115 Å². The topological polar surface area (TPSA) is 0 Å². The molecule has 104 valence electrons. The molecule has 0 fully saturated rings. The fourth-order valence-corrected chi connectivity index (χ4v) is 2.58. The lowest BCUT2D eigenvalue weighted by atomic mass is 10.1. The van der Waals surface area contributed by atoms with Crippen molar-refractivity contribution in [1.29, 1.82) is 0 Å². The van der Waals surface area contributed by atoms with Gasteiger partial charge in [0.2, 0.25) is 0 Å². The van der Waals surface area contributed by atoms with Gasteiger partial charge in [0.15, 0.2) is 0 Å². The Hall–Kier alpha value is -0.520. The van der Waals surface area contributed by atoms with E-state index in [0.29, 0.717) is 0 Å². The maximum atomic E-state index is 2.40. The summed E-state index contributed by atoms with van der Waals surface area (Å²) in [5.41, 5.74) is 0. The van der Waals surface area contributed by atoms with Gasteiger partial charge in [-0.3, -0.25) is 0 Å². The summed E-state index contributed by atoms with van der Waals surface area (Å²) in [6.07, 6.45) is 29.0. The quantitative estimate of drug-likeness (QED) is 0.425. The van der Waals surface area contributed by atoms with E-state index in [-0.39, 0.29) is 0 Å². The van der Waals surface area contributed by atoms with Crippen LogP contribution in [0.4, 0.5) is 0 Å². The van der Waals surface area contributed by atoms with Gasteiger partial charge < -0.3 is 0 Å². The van der Waals surface area contributed by atoms with Gasteiger partial charge in [-0.1, -0.05) is 62.8 Å². The maximum absolute atomic E-state index is 2.40. The van der Waals surface area contributed by atoms with Crippen molar-refractivity contribution in [3.8, 4) is 0 Å². The highest BCUT2D eigenvalue weighted by molar-refractivity contribution is 4.84. The van der Waals surface area contributed by atoms with Crippen LogP contribution in [0.3, 0.4) is 0 Å². The van der Waals surface area contributed by atoms with E-state index in [1.165, 1.54) is 89.9 Å². The summed E-state index contributed by atoms with van der Waals surface area (Å²) < 4.78 is 0. The van der Waals surface area contributed by atoms with Crippen molar-refractivity contribution >= 4 is 0 Å². The van der Waals surface area contributed by atoms with Gasteiger partial charge in [0.05, 0.1) is 0 Å². The fourth-order valence-electron chi connectivity index (χ4n) is 2.58. The molecule has 0 amide bonds. The van der Waals surface area contributed by atoms with Crippen LogP contribution in [0.15, 0.2) is 24.3 Å². The van der Waals surface area contributed by atoms with Crippen molar-refractivity contribution in [2.45, 2.75) is 89.9 Å². The molecule has 0 saturated heterocycles. The molecule has 1 rings (SSSR count). The van der Waals surface area contributed by atoms with Crippen molar-refractivity contribution in [1.82, 2.24) is 0 Å². The SMILES string of the molecule is C1=CCCCCCCCCCCC=CCCCC1. The van der Waals surface area contributed by atoms with Crippen molar-refractivity contribution in [3.05, 3.63) is 24.3 Å². The van der Waals surface area contributed by atoms with E-state index in [1.54, 1.807) is 0 Å². The fraction of sp³-hybridized carbons (Fsp3) is 0.778. The summed E-state index contributed by atoms with van der Waals surface area (Å²) in [4.78, 5) is 0. The van der Waals surface area contributed by atoms with Crippen molar-refractivity contribution < 1.29 is 0 Å². The highest BCUT2D eigenvalue weighted by atomic mass is 14.0. The van der Waals surface area contributed by atoms with Crippen LogP contribution < -0.4 is 0 Å².